The molecule has 23 heavy (non-hydrogen) atoms. The van der Waals surface area contributed by atoms with Crippen molar-refractivity contribution in [2.75, 3.05) is 18.8 Å². The lowest BCUT2D eigenvalue weighted by atomic mass is 10.1. The molecule has 0 aliphatic carbocycles. The number of aliphatic hydroxyl groups excluding tert-OH is 1. The number of rotatable bonds is 7. The van der Waals surface area contributed by atoms with E-state index in [9.17, 15) is 9.90 Å². The van der Waals surface area contributed by atoms with Crippen molar-refractivity contribution in [2.45, 2.75) is 12.5 Å². The van der Waals surface area contributed by atoms with Crippen LogP contribution in [-0.4, -0.2) is 34.3 Å². The number of nitrogen functional groups attached to an aromatic ring is 1. The molecule has 1 unspecified atom stereocenters. The Labute approximate surface area is 150 Å². The molecule has 6 nitrogen and oxygen atoms in total. The summed E-state index contributed by atoms with van der Waals surface area (Å²) >= 11 is 1.30. The number of carbonyl (C=O) groups is 1. The lowest BCUT2D eigenvalue weighted by molar-refractivity contribution is 0.0697. The minimum absolute atomic E-state index is 0. The molecule has 0 saturated heterocycles. The normalized spacial score (nSPS) is 11.2. The zero-order chi connectivity index (χ0) is 15.2. The van der Waals surface area contributed by atoms with E-state index in [0.29, 0.717) is 23.9 Å². The average Bonchev–Trinajstić information content (AvgIpc) is 2.90. The monoisotopic (exact) mass is 379 g/mol. The molecule has 0 bridgehead atoms. The number of aromatic carboxylic acids is 1. The zero-order valence-electron chi connectivity index (χ0n) is 12.1. The molecule has 1 heterocycles. The summed E-state index contributed by atoms with van der Waals surface area (Å²) in [4.78, 5) is 14.8. The van der Waals surface area contributed by atoms with Crippen LogP contribution >= 0.6 is 36.2 Å². The molecule has 0 amide bonds. The fourth-order valence-corrected chi connectivity index (χ4v) is 2.45. The highest BCUT2D eigenvalue weighted by atomic mass is 35.5. The van der Waals surface area contributed by atoms with Crippen LogP contribution < -0.4 is 11.1 Å². The smallest absolute Gasteiger partial charge is 0.335 e. The van der Waals surface area contributed by atoms with E-state index in [2.05, 4.69) is 10.3 Å². The van der Waals surface area contributed by atoms with Gasteiger partial charge < -0.3 is 21.3 Å². The molecule has 9 heteroatoms. The van der Waals surface area contributed by atoms with Crippen molar-refractivity contribution in [3.63, 3.8) is 0 Å². The van der Waals surface area contributed by atoms with E-state index in [4.69, 9.17) is 10.8 Å². The third-order valence-corrected chi connectivity index (χ3v) is 3.70. The van der Waals surface area contributed by atoms with Crippen LogP contribution in [0.15, 0.2) is 29.6 Å². The molecule has 0 radical (unpaired) electrons. The number of nitrogens with zero attached hydrogens (tertiary/aromatic N) is 1. The fourth-order valence-electron chi connectivity index (χ4n) is 1.84. The summed E-state index contributed by atoms with van der Waals surface area (Å²) in [6.07, 6.45) is 0.0826. The Bertz CT molecular complexity index is 608. The first kappa shape index (κ1) is 21.6. The first-order valence-corrected chi connectivity index (χ1v) is 7.36. The van der Waals surface area contributed by atoms with E-state index >= 15 is 0 Å². The lowest BCUT2D eigenvalue weighted by Crippen LogP contribution is -2.24. The molecule has 1 aromatic carbocycles. The van der Waals surface area contributed by atoms with Gasteiger partial charge in [0.15, 0.2) is 5.13 Å². The van der Waals surface area contributed by atoms with Gasteiger partial charge in [0.05, 0.1) is 11.3 Å². The molecule has 1 atom stereocenters. The van der Waals surface area contributed by atoms with Gasteiger partial charge in [0.1, 0.15) is 6.10 Å². The van der Waals surface area contributed by atoms with Gasteiger partial charge in [-0.3, -0.25) is 0 Å². The van der Waals surface area contributed by atoms with Gasteiger partial charge in [0, 0.05) is 11.9 Å². The van der Waals surface area contributed by atoms with Crippen LogP contribution in [-0.2, 0) is 6.42 Å². The molecule has 0 spiro atoms. The summed E-state index contributed by atoms with van der Waals surface area (Å²) in [7, 11) is 0. The topological polar surface area (TPSA) is 108 Å². The summed E-state index contributed by atoms with van der Waals surface area (Å²) < 4.78 is 0. The van der Waals surface area contributed by atoms with Gasteiger partial charge in [0.25, 0.3) is 0 Å². The molecule has 5 N–H and O–H groups in total. The van der Waals surface area contributed by atoms with Crippen LogP contribution in [0.25, 0.3) is 0 Å². The van der Waals surface area contributed by atoms with Crippen LogP contribution in [0, 0.1) is 0 Å². The molecular weight excluding hydrogens is 361 g/mol. The second-order valence-corrected chi connectivity index (χ2v) is 5.47. The van der Waals surface area contributed by atoms with E-state index in [0.717, 1.165) is 12.0 Å². The number of anilines is 1. The number of aliphatic hydroxyl groups is 1. The summed E-state index contributed by atoms with van der Waals surface area (Å²) in [5, 5.41) is 24.0. The molecule has 2 rings (SSSR count). The third kappa shape index (κ3) is 6.72. The van der Waals surface area contributed by atoms with Gasteiger partial charge in [-0.1, -0.05) is 12.1 Å². The van der Waals surface area contributed by atoms with Crippen molar-refractivity contribution in [3.8, 4) is 0 Å². The summed E-state index contributed by atoms with van der Waals surface area (Å²) in [6.45, 7) is 1.08. The maximum atomic E-state index is 10.7. The fraction of sp³-hybridized carbons (Fsp3) is 0.286. The van der Waals surface area contributed by atoms with Gasteiger partial charge in [0.2, 0.25) is 0 Å². The van der Waals surface area contributed by atoms with Crippen LogP contribution in [0.2, 0.25) is 0 Å². The number of carboxylic acid groups (broad SMARTS) is 1. The predicted molar refractivity (Wildman–Crippen MR) is 96.0 cm³/mol. The molecule has 128 valence electrons. The average molecular weight is 380 g/mol. The Morgan fingerprint density at radius 2 is 1.96 bits per heavy atom. The number of nitrogens with one attached hydrogen (secondary N) is 1. The molecule has 0 aliphatic heterocycles. The van der Waals surface area contributed by atoms with Gasteiger partial charge >= 0.3 is 5.97 Å². The molecule has 0 saturated carbocycles. The van der Waals surface area contributed by atoms with Crippen LogP contribution in [0.4, 0.5) is 5.13 Å². The van der Waals surface area contributed by atoms with Gasteiger partial charge in [-0.15, -0.1) is 36.2 Å². The number of aromatic nitrogens is 1. The van der Waals surface area contributed by atoms with E-state index in [1.807, 2.05) is 0 Å². The molecular formula is C14H19Cl2N3O3S. The van der Waals surface area contributed by atoms with Gasteiger partial charge in [-0.25, -0.2) is 9.78 Å². The Kier molecular flexibility index (Phi) is 9.78. The van der Waals surface area contributed by atoms with Crippen molar-refractivity contribution in [1.82, 2.24) is 10.3 Å². The third-order valence-electron chi connectivity index (χ3n) is 3.01. The summed E-state index contributed by atoms with van der Waals surface area (Å²) in [5.74, 6) is -0.926. The molecule has 0 aliphatic rings. The maximum Gasteiger partial charge on any atom is 0.335 e. The number of thiazole rings is 1. The SMILES string of the molecule is Cl.Cl.Nc1nc(C(O)CNCCc2ccc(C(=O)O)cc2)cs1. The minimum atomic E-state index is -0.926. The van der Waals surface area contributed by atoms with E-state index < -0.39 is 12.1 Å². The highest BCUT2D eigenvalue weighted by Gasteiger charge is 2.10. The highest BCUT2D eigenvalue weighted by molar-refractivity contribution is 7.13. The van der Waals surface area contributed by atoms with Crippen LogP contribution in [0.1, 0.15) is 27.7 Å². The summed E-state index contributed by atoms with van der Waals surface area (Å²) in [6, 6.07) is 6.76. The van der Waals surface area contributed by atoms with E-state index in [1.165, 1.54) is 11.3 Å². The number of hydrogen-bond acceptors (Lipinski definition) is 6. The molecule has 0 fully saturated rings. The van der Waals surface area contributed by atoms with Gasteiger partial charge in [-0.05, 0) is 30.7 Å². The van der Waals surface area contributed by atoms with Gasteiger partial charge in [-0.2, -0.15) is 0 Å². The lowest BCUT2D eigenvalue weighted by Gasteiger charge is -2.09. The Hall–Kier alpha value is -1.38. The van der Waals surface area contributed by atoms with Crippen molar-refractivity contribution in [2.24, 2.45) is 0 Å². The quantitative estimate of drug-likeness (QED) is 0.548. The van der Waals surface area contributed by atoms with Crippen molar-refractivity contribution < 1.29 is 15.0 Å². The molecule has 1 aromatic heterocycles. The Morgan fingerprint density at radius 1 is 1.30 bits per heavy atom. The maximum absolute atomic E-state index is 10.7. The van der Waals surface area contributed by atoms with Crippen molar-refractivity contribution in [3.05, 3.63) is 46.5 Å². The second-order valence-electron chi connectivity index (χ2n) is 4.58. The predicted octanol–water partition coefficient (Wildman–Crippen LogP) is 2.13. The van der Waals surface area contributed by atoms with Crippen LogP contribution in [0.3, 0.4) is 0 Å². The number of benzene rings is 1. The second kappa shape index (κ2) is 10.4. The number of nitrogens with two attached hydrogens (primary N) is 1. The first-order chi connectivity index (χ1) is 10.1. The van der Waals surface area contributed by atoms with E-state index in [-0.39, 0.29) is 30.4 Å². The van der Waals surface area contributed by atoms with Crippen molar-refractivity contribution >= 4 is 47.3 Å². The Morgan fingerprint density at radius 3 is 2.48 bits per heavy atom. The zero-order valence-corrected chi connectivity index (χ0v) is 14.6. The number of carboxylic acids is 1. The number of hydrogen-bond donors (Lipinski definition) is 4. The van der Waals surface area contributed by atoms with Crippen LogP contribution in [0.5, 0.6) is 0 Å². The minimum Gasteiger partial charge on any atom is -0.478 e. The van der Waals surface area contributed by atoms with Crippen molar-refractivity contribution in [1.29, 1.82) is 0 Å². The Balaban J connectivity index is 0.00000242. The van der Waals surface area contributed by atoms with E-state index in [1.54, 1.807) is 29.6 Å². The molecule has 2 aromatic rings. The number of halogens is 2. The summed E-state index contributed by atoms with van der Waals surface area (Å²) in [5.41, 5.74) is 7.42. The first-order valence-electron chi connectivity index (χ1n) is 6.48. The standard InChI is InChI=1S/C14H17N3O3S.2ClH/c15-14-17-11(8-21-14)12(18)7-16-6-5-9-1-3-10(4-2-9)13(19)20;;/h1-4,8,12,16,18H,5-7H2,(H2,15,17)(H,19,20);2*1H. The highest BCUT2D eigenvalue weighted by Crippen LogP contribution is 2.17. The largest absolute Gasteiger partial charge is 0.478 e.